The fourth-order valence-corrected chi connectivity index (χ4v) is 3.70. The average molecular weight is 497 g/mol. The van der Waals surface area contributed by atoms with Crippen molar-refractivity contribution < 1.29 is 14.3 Å². The van der Waals surface area contributed by atoms with Gasteiger partial charge in [-0.05, 0) is 49.2 Å². The summed E-state index contributed by atoms with van der Waals surface area (Å²) < 4.78 is 7.97. The third-order valence-electron chi connectivity index (χ3n) is 5.73. The van der Waals surface area contributed by atoms with Gasteiger partial charge in [-0.25, -0.2) is 9.97 Å². The third-order valence-corrected chi connectivity index (χ3v) is 5.73. The molecule has 3 aromatic heterocycles. The van der Waals surface area contributed by atoms with E-state index >= 15 is 0 Å². The molecule has 3 heterocycles. The number of ether oxygens (including phenoxy) is 1. The number of carbonyl (C=O) groups excluding carboxylic acids is 2. The predicted octanol–water partition coefficient (Wildman–Crippen LogP) is 4.74. The van der Waals surface area contributed by atoms with Crippen LogP contribution in [0.15, 0.2) is 83.9 Å². The number of aromatic nitrogens is 3. The van der Waals surface area contributed by atoms with Crippen LogP contribution < -0.4 is 15.4 Å². The molecule has 2 amide bonds. The average Bonchev–Trinajstić information content (AvgIpc) is 3.37. The van der Waals surface area contributed by atoms with Gasteiger partial charge in [-0.3, -0.25) is 14.6 Å². The second kappa shape index (κ2) is 11.8. The summed E-state index contributed by atoms with van der Waals surface area (Å²) in [6.07, 6.45) is 10.9. The van der Waals surface area contributed by atoms with Gasteiger partial charge in [0.15, 0.2) is 0 Å². The van der Waals surface area contributed by atoms with Gasteiger partial charge in [0.2, 0.25) is 0 Å². The fourth-order valence-electron chi connectivity index (χ4n) is 3.70. The van der Waals surface area contributed by atoms with Gasteiger partial charge in [-0.2, -0.15) is 0 Å². The lowest BCUT2D eigenvalue weighted by molar-refractivity contribution is -0.113. The number of aliphatic imine (C=N–C) groups is 1. The number of pyridine rings is 2. The number of imidazole rings is 1. The highest BCUT2D eigenvalue weighted by molar-refractivity contribution is 6.05. The van der Waals surface area contributed by atoms with Gasteiger partial charge in [0.05, 0.1) is 0 Å². The summed E-state index contributed by atoms with van der Waals surface area (Å²) in [5.74, 6) is 0.914. The molecule has 9 nitrogen and oxygen atoms in total. The summed E-state index contributed by atoms with van der Waals surface area (Å²) >= 11 is 0. The van der Waals surface area contributed by atoms with Crippen molar-refractivity contribution in [3.8, 4) is 11.5 Å². The number of carbonyl (C=O) groups is 2. The molecular weight excluding hydrogens is 468 g/mol. The summed E-state index contributed by atoms with van der Waals surface area (Å²) in [4.78, 5) is 37.8. The fraction of sp³-hybridized carbons (Fsp3) is 0.179. The molecule has 0 spiro atoms. The number of nitrogens with one attached hydrogen (secondary N) is 2. The standard InChI is InChI=1S/C28H28N6O3/c1-4-21(10-12-29-3)27(35)33-25-16-22(11-13-30-25)37-24-7-5-6-23(19(24)2)28(36)32-17-20-8-9-26-31-14-15-34(26)18-20/h5-16,18H,4,17H2,1-3H3,(H,32,36)(H,30,33,35)/b21-10+,29-12?. The van der Waals surface area contributed by atoms with Gasteiger partial charge < -0.3 is 19.8 Å². The third kappa shape index (κ3) is 6.26. The van der Waals surface area contributed by atoms with Crippen molar-refractivity contribution in [3.05, 3.63) is 95.6 Å². The molecule has 1 aromatic carbocycles. The molecule has 0 aliphatic carbocycles. The number of rotatable bonds is 9. The number of anilines is 1. The first-order valence-electron chi connectivity index (χ1n) is 11.8. The Kier molecular flexibility index (Phi) is 8.05. The van der Waals surface area contributed by atoms with Crippen molar-refractivity contribution in [2.75, 3.05) is 12.4 Å². The summed E-state index contributed by atoms with van der Waals surface area (Å²) in [7, 11) is 1.65. The lowest BCUT2D eigenvalue weighted by Gasteiger charge is -2.14. The lowest BCUT2D eigenvalue weighted by Crippen LogP contribution is -2.23. The maximum Gasteiger partial charge on any atom is 0.252 e. The van der Waals surface area contributed by atoms with Crippen molar-refractivity contribution in [1.82, 2.24) is 19.7 Å². The molecule has 4 aromatic rings. The van der Waals surface area contributed by atoms with Gasteiger partial charge in [-0.15, -0.1) is 0 Å². The highest BCUT2D eigenvalue weighted by atomic mass is 16.5. The van der Waals surface area contributed by atoms with Crippen LogP contribution in [-0.2, 0) is 11.3 Å². The van der Waals surface area contributed by atoms with E-state index in [1.54, 1.807) is 62.1 Å². The quantitative estimate of drug-likeness (QED) is 0.257. The molecule has 188 valence electrons. The molecule has 2 N–H and O–H groups in total. The van der Waals surface area contributed by atoms with E-state index < -0.39 is 0 Å². The van der Waals surface area contributed by atoms with Crippen molar-refractivity contribution in [3.63, 3.8) is 0 Å². The normalized spacial score (nSPS) is 11.6. The van der Waals surface area contributed by atoms with Crippen molar-refractivity contribution in [2.45, 2.75) is 26.8 Å². The van der Waals surface area contributed by atoms with E-state index in [2.05, 4.69) is 25.6 Å². The molecule has 0 saturated heterocycles. The van der Waals surface area contributed by atoms with Gasteiger partial charge in [0.1, 0.15) is 23.0 Å². The van der Waals surface area contributed by atoms with Gasteiger partial charge in [-0.1, -0.05) is 19.1 Å². The molecule has 0 unspecified atom stereocenters. The highest BCUT2D eigenvalue weighted by Gasteiger charge is 2.14. The Morgan fingerprint density at radius 1 is 1.14 bits per heavy atom. The van der Waals surface area contributed by atoms with E-state index in [-0.39, 0.29) is 11.8 Å². The molecule has 9 heteroatoms. The Labute approximate surface area is 214 Å². The molecular formula is C28H28N6O3. The largest absolute Gasteiger partial charge is 0.457 e. The summed E-state index contributed by atoms with van der Waals surface area (Å²) in [6, 6.07) is 12.5. The molecule has 0 bridgehead atoms. The van der Waals surface area contributed by atoms with Crippen molar-refractivity contribution >= 4 is 29.5 Å². The molecule has 37 heavy (non-hydrogen) atoms. The summed E-state index contributed by atoms with van der Waals surface area (Å²) in [5, 5.41) is 5.75. The van der Waals surface area contributed by atoms with Crippen LogP contribution in [0.25, 0.3) is 5.65 Å². The minimum Gasteiger partial charge on any atom is -0.457 e. The zero-order valence-electron chi connectivity index (χ0n) is 20.9. The number of benzene rings is 1. The van der Waals surface area contributed by atoms with Gasteiger partial charge in [0.25, 0.3) is 11.8 Å². The van der Waals surface area contributed by atoms with E-state index in [1.165, 1.54) is 0 Å². The molecule has 0 atom stereocenters. The van der Waals surface area contributed by atoms with Crippen LogP contribution in [0.4, 0.5) is 5.82 Å². The van der Waals surface area contributed by atoms with Crippen LogP contribution in [-0.4, -0.2) is 39.4 Å². The first kappa shape index (κ1) is 25.3. The molecule has 0 aliphatic heterocycles. The SMILES string of the molecule is CC/C(=C\C=NC)C(=O)Nc1cc(Oc2cccc(C(=O)NCc3ccc4nccn4c3)c2C)ccn1. The second-order valence-electron chi connectivity index (χ2n) is 8.23. The zero-order valence-corrected chi connectivity index (χ0v) is 20.9. The zero-order chi connectivity index (χ0) is 26.2. The van der Waals surface area contributed by atoms with Crippen LogP contribution in [0.2, 0.25) is 0 Å². The molecule has 0 fully saturated rings. The van der Waals surface area contributed by atoms with Crippen LogP contribution in [0.3, 0.4) is 0 Å². The topological polar surface area (TPSA) is 110 Å². The van der Waals surface area contributed by atoms with Crippen LogP contribution >= 0.6 is 0 Å². The molecule has 0 aliphatic rings. The van der Waals surface area contributed by atoms with Gasteiger partial charge in [0, 0.05) is 67.4 Å². The Hall–Kier alpha value is -4.79. The highest BCUT2D eigenvalue weighted by Crippen LogP contribution is 2.28. The van der Waals surface area contributed by atoms with E-state index in [0.29, 0.717) is 47.0 Å². The monoisotopic (exact) mass is 496 g/mol. The summed E-state index contributed by atoms with van der Waals surface area (Å²) in [6.45, 7) is 4.11. The van der Waals surface area contributed by atoms with E-state index in [4.69, 9.17) is 4.74 Å². The van der Waals surface area contributed by atoms with Gasteiger partial charge >= 0.3 is 0 Å². The predicted molar refractivity (Wildman–Crippen MR) is 143 cm³/mol. The first-order valence-corrected chi connectivity index (χ1v) is 11.8. The van der Waals surface area contributed by atoms with Crippen LogP contribution in [0.5, 0.6) is 11.5 Å². The number of allylic oxidation sites excluding steroid dienone is 1. The number of fused-ring (bicyclic) bond motifs is 1. The minimum absolute atomic E-state index is 0.203. The Bertz CT molecular complexity index is 1490. The number of amides is 2. The van der Waals surface area contributed by atoms with E-state index in [1.807, 2.05) is 42.8 Å². The Morgan fingerprint density at radius 2 is 2.00 bits per heavy atom. The van der Waals surface area contributed by atoms with Crippen LogP contribution in [0.1, 0.15) is 34.8 Å². The maximum atomic E-state index is 12.9. The Morgan fingerprint density at radius 3 is 2.81 bits per heavy atom. The van der Waals surface area contributed by atoms with E-state index in [9.17, 15) is 9.59 Å². The van der Waals surface area contributed by atoms with E-state index in [0.717, 1.165) is 11.2 Å². The van der Waals surface area contributed by atoms with Crippen molar-refractivity contribution in [2.24, 2.45) is 4.99 Å². The first-order chi connectivity index (χ1) is 18.0. The van der Waals surface area contributed by atoms with Crippen LogP contribution in [0, 0.1) is 6.92 Å². The second-order valence-corrected chi connectivity index (χ2v) is 8.23. The maximum absolute atomic E-state index is 12.9. The summed E-state index contributed by atoms with van der Waals surface area (Å²) in [5.41, 5.74) is 3.60. The smallest absolute Gasteiger partial charge is 0.252 e. The number of nitrogens with zero attached hydrogens (tertiary/aromatic N) is 4. The number of hydrogen-bond acceptors (Lipinski definition) is 6. The minimum atomic E-state index is -0.255. The Balaban J connectivity index is 1.44. The molecule has 0 saturated carbocycles. The molecule has 0 radical (unpaired) electrons. The number of hydrogen-bond donors (Lipinski definition) is 2. The lowest BCUT2D eigenvalue weighted by atomic mass is 10.1. The molecule has 4 rings (SSSR count). The van der Waals surface area contributed by atoms with Crippen molar-refractivity contribution in [1.29, 1.82) is 0 Å².